The largest absolute Gasteiger partial charge is 0.456 e. The molecule has 0 saturated heterocycles. The Bertz CT molecular complexity index is 3170. The van der Waals surface area contributed by atoms with Crippen LogP contribution < -0.4 is 4.90 Å². The van der Waals surface area contributed by atoms with Gasteiger partial charge < -0.3 is 13.9 Å². The first-order valence-corrected chi connectivity index (χ1v) is 19.4. The van der Waals surface area contributed by atoms with Crippen LogP contribution in [0.5, 0.6) is 0 Å². The van der Waals surface area contributed by atoms with Crippen LogP contribution in [0.4, 0.5) is 17.1 Å². The topological polar surface area (TPSA) is 21.3 Å². The molecular weight excluding hydrogens is 693 g/mol. The minimum atomic E-state index is 0.898. The second-order valence-electron chi connectivity index (χ2n) is 14.6. The van der Waals surface area contributed by atoms with Crippen molar-refractivity contribution in [2.24, 2.45) is 0 Å². The summed E-state index contributed by atoms with van der Waals surface area (Å²) in [6.07, 6.45) is 0. The maximum atomic E-state index is 6.25. The Balaban J connectivity index is 1.02. The molecule has 0 saturated carbocycles. The van der Waals surface area contributed by atoms with Gasteiger partial charge in [0.05, 0.1) is 11.0 Å². The van der Waals surface area contributed by atoms with Crippen molar-refractivity contribution >= 4 is 60.8 Å². The Labute approximate surface area is 330 Å². The van der Waals surface area contributed by atoms with Crippen LogP contribution in [0.15, 0.2) is 223 Å². The molecule has 11 rings (SSSR count). The number of rotatable bonds is 7. The fourth-order valence-electron chi connectivity index (χ4n) is 8.44. The molecule has 0 unspecified atom stereocenters. The number of benzene rings is 9. The molecule has 0 atom stereocenters. The molecule has 0 radical (unpaired) electrons. The maximum absolute atomic E-state index is 6.25. The Morgan fingerprint density at radius 1 is 0.298 bits per heavy atom. The number of fused-ring (bicyclic) bond motifs is 6. The molecule has 0 aliphatic rings. The Morgan fingerprint density at radius 3 is 1.51 bits per heavy atom. The molecule has 0 fully saturated rings. The maximum Gasteiger partial charge on any atom is 0.136 e. The van der Waals surface area contributed by atoms with Crippen molar-refractivity contribution < 1.29 is 4.42 Å². The summed E-state index contributed by atoms with van der Waals surface area (Å²) < 4.78 is 8.64. The second kappa shape index (κ2) is 13.6. The van der Waals surface area contributed by atoms with Crippen molar-refractivity contribution in [1.82, 2.24) is 4.57 Å². The summed E-state index contributed by atoms with van der Waals surface area (Å²) in [4.78, 5) is 2.37. The molecule has 2 aromatic heterocycles. The van der Waals surface area contributed by atoms with E-state index in [0.717, 1.165) is 61.4 Å². The average molecular weight is 729 g/mol. The van der Waals surface area contributed by atoms with Crippen LogP contribution in [0, 0.1) is 0 Å². The zero-order chi connectivity index (χ0) is 37.7. The van der Waals surface area contributed by atoms with Gasteiger partial charge in [0.2, 0.25) is 0 Å². The summed E-state index contributed by atoms with van der Waals surface area (Å²) in [6, 6.07) is 78.2. The molecule has 11 aromatic rings. The van der Waals surface area contributed by atoms with Gasteiger partial charge in [0.25, 0.3) is 0 Å². The van der Waals surface area contributed by atoms with E-state index in [4.69, 9.17) is 4.42 Å². The third kappa shape index (κ3) is 5.76. The number of anilines is 3. The molecule has 0 spiro atoms. The van der Waals surface area contributed by atoms with Crippen molar-refractivity contribution in [3.05, 3.63) is 218 Å². The molecule has 0 aliphatic heterocycles. The van der Waals surface area contributed by atoms with Gasteiger partial charge in [-0.05, 0) is 106 Å². The fourth-order valence-corrected chi connectivity index (χ4v) is 8.44. The van der Waals surface area contributed by atoms with Crippen LogP contribution in [-0.4, -0.2) is 4.57 Å². The summed E-state index contributed by atoms with van der Waals surface area (Å²) in [5.41, 5.74) is 15.5. The van der Waals surface area contributed by atoms with Crippen LogP contribution in [0.1, 0.15) is 0 Å². The number of hydrogen-bond acceptors (Lipinski definition) is 2. The molecular formula is C54H36N2O. The third-order valence-electron chi connectivity index (χ3n) is 11.2. The van der Waals surface area contributed by atoms with E-state index in [1.807, 2.05) is 12.1 Å². The molecule has 0 bridgehead atoms. The van der Waals surface area contributed by atoms with Gasteiger partial charge >= 0.3 is 0 Å². The first-order valence-electron chi connectivity index (χ1n) is 19.4. The lowest BCUT2D eigenvalue weighted by molar-refractivity contribution is 0.669. The molecule has 9 aromatic carbocycles. The normalized spacial score (nSPS) is 11.5. The summed E-state index contributed by atoms with van der Waals surface area (Å²) in [5, 5.41) is 4.77. The van der Waals surface area contributed by atoms with Crippen LogP contribution >= 0.6 is 0 Å². The Morgan fingerprint density at radius 2 is 0.789 bits per heavy atom. The van der Waals surface area contributed by atoms with E-state index < -0.39 is 0 Å². The predicted octanol–water partition coefficient (Wildman–Crippen LogP) is 15.2. The van der Waals surface area contributed by atoms with Gasteiger partial charge in [0.1, 0.15) is 11.2 Å². The highest BCUT2D eigenvalue weighted by molar-refractivity contribution is 6.09. The number of hydrogen-bond donors (Lipinski definition) is 0. The summed E-state index contributed by atoms with van der Waals surface area (Å²) in [5.74, 6) is 0. The van der Waals surface area contributed by atoms with Crippen LogP contribution in [-0.2, 0) is 0 Å². The van der Waals surface area contributed by atoms with Crippen molar-refractivity contribution in [2.45, 2.75) is 0 Å². The van der Waals surface area contributed by atoms with E-state index in [1.54, 1.807) is 0 Å². The molecule has 0 aliphatic carbocycles. The van der Waals surface area contributed by atoms with Gasteiger partial charge in [-0.3, -0.25) is 0 Å². The minimum Gasteiger partial charge on any atom is -0.456 e. The van der Waals surface area contributed by atoms with Gasteiger partial charge in [0.15, 0.2) is 0 Å². The van der Waals surface area contributed by atoms with Crippen molar-refractivity contribution in [2.75, 3.05) is 4.90 Å². The molecule has 57 heavy (non-hydrogen) atoms. The van der Waals surface area contributed by atoms with Crippen LogP contribution in [0.3, 0.4) is 0 Å². The number of aromatic nitrogens is 1. The molecule has 2 heterocycles. The smallest absolute Gasteiger partial charge is 0.136 e. The monoisotopic (exact) mass is 728 g/mol. The van der Waals surface area contributed by atoms with E-state index in [2.05, 4.69) is 216 Å². The van der Waals surface area contributed by atoms with Gasteiger partial charge in [-0.25, -0.2) is 0 Å². The van der Waals surface area contributed by atoms with E-state index >= 15 is 0 Å². The standard InChI is InChI=1S/C54H36N2O/c1-2-12-37(13-3-1)38-24-26-39(27-25-38)41-14-10-15-44(34-41)55(43-31-28-40(29-32-43)42-30-33-50-49-20-6-9-23-53(49)57-54(50)35-42)45-16-11-17-46(36-45)56-51-21-7-4-18-47(51)48-19-5-8-22-52(48)56/h1-36H. The lowest BCUT2D eigenvalue weighted by atomic mass is 9.99. The fraction of sp³-hybridized carbons (Fsp3) is 0. The highest BCUT2D eigenvalue weighted by atomic mass is 16.3. The van der Waals surface area contributed by atoms with Crippen LogP contribution in [0.2, 0.25) is 0 Å². The van der Waals surface area contributed by atoms with Gasteiger partial charge in [-0.2, -0.15) is 0 Å². The predicted molar refractivity (Wildman–Crippen MR) is 239 cm³/mol. The zero-order valence-corrected chi connectivity index (χ0v) is 31.1. The second-order valence-corrected chi connectivity index (χ2v) is 14.6. The highest BCUT2D eigenvalue weighted by Crippen LogP contribution is 2.40. The lowest BCUT2D eigenvalue weighted by Crippen LogP contribution is -2.10. The number of nitrogens with zero attached hydrogens (tertiary/aromatic N) is 2. The first kappa shape index (κ1) is 32.8. The van der Waals surface area contributed by atoms with E-state index in [1.165, 1.54) is 38.5 Å². The quantitative estimate of drug-likeness (QED) is 0.163. The third-order valence-corrected chi connectivity index (χ3v) is 11.2. The minimum absolute atomic E-state index is 0.898. The van der Waals surface area contributed by atoms with Crippen LogP contribution in [0.25, 0.3) is 82.8 Å². The first-order chi connectivity index (χ1) is 28.2. The van der Waals surface area contributed by atoms with Gasteiger partial charge in [-0.1, -0.05) is 146 Å². The van der Waals surface area contributed by atoms with Gasteiger partial charge in [0, 0.05) is 44.3 Å². The summed E-state index contributed by atoms with van der Waals surface area (Å²) in [7, 11) is 0. The van der Waals surface area contributed by atoms with Crippen molar-refractivity contribution in [3.8, 4) is 39.1 Å². The molecule has 268 valence electrons. The molecule has 0 amide bonds. The van der Waals surface area contributed by atoms with E-state index in [9.17, 15) is 0 Å². The summed E-state index contributed by atoms with van der Waals surface area (Å²) in [6.45, 7) is 0. The molecule has 3 heteroatoms. The molecule has 3 nitrogen and oxygen atoms in total. The van der Waals surface area contributed by atoms with Crippen molar-refractivity contribution in [3.63, 3.8) is 0 Å². The number of furan rings is 1. The van der Waals surface area contributed by atoms with Crippen molar-refractivity contribution in [1.29, 1.82) is 0 Å². The van der Waals surface area contributed by atoms with E-state index in [-0.39, 0.29) is 0 Å². The molecule has 0 N–H and O–H groups in total. The Hall–Kier alpha value is -7.62. The zero-order valence-electron chi connectivity index (χ0n) is 31.1. The van der Waals surface area contributed by atoms with Gasteiger partial charge in [-0.15, -0.1) is 0 Å². The Kier molecular flexibility index (Phi) is 7.82. The highest BCUT2D eigenvalue weighted by Gasteiger charge is 2.18. The summed E-state index contributed by atoms with van der Waals surface area (Å²) >= 11 is 0. The average Bonchev–Trinajstić information content (AvgIpc) is 3.83. The SMILES string of the molecule is c1ccc(-c2ccc(-c3cccc(N(c4ccc(-c5ccc6c(c5)oc5ccccc56)cc4)c4cccc(-n5c6ccccc6c6ccccc65)c4)c3)cc2)cc1. The lowest BCUT2D eigenvalue weighted by Gasteiger charge is -2.27. The van der Waals surface area contributed by atoms with E-state index in [0.29, 0.717) is 0 Å². The number of para-hydroxylation sites is 3.